The maximum Gasteiger partial charge on any atom is 0.273 e. The van der Waals surface area contributed by atoms with E-state index in [0.717, 1.165) is 21.8 Å². The number of aromatic amines is 1. The van der Waals surface area contributed by atoms with E-state index in [2.05, 4.69) is 25.4 Å². The molecule has 4 aromatic rings. The number of para-hydroxylation sites is 1. The second kappa shape index (κ2) is 6.88. The Morgan fingerprint density at radius 3 is 2.70 bits per heavy atom. The Balaban J connectivity index is 1.83. The summed E-state index contributed by atoms with van der Waals surface area (Å²) in [7, 11) is 0. The van der Waals surface area contributed by atoms with Crippen molar-refractivity contribution in [2.45, 2.75) is 18.7 Å². The van der Waals surface area contributed by atoms with Gasteiger partial charge in [0, 0.05) is 28.9 Å². The summed E-state index contributed by atoms with van der Waals surface area (Å²) in [6.07, 6.45) is 3.59. The van der Waals surface area contributed by atoms with Gasteiger partial charge in [-0.1, -0.05) is 12.1 Å². The molecule has 0 bridgehead atoms. The van der Waals surface area contributed by atoms with E-state index < -0.39 is 0 Å². The van der Waals surface area contributed by atoms with Gasteiger partial charge in [-0.3, -0.25) is 14.6 Å². The zero-order chi connectivity index (χ0) is 19.0. The lowest BCUT2D eigenvalue weighted by molar-refractivity contribution is 0.873. The molecular formula is C19H18N6OS. The average molecular weight is 378 g/mol. The maximum absolute atomic E-state index is 12.4. The highest BCUT2D eigenvalue weighted by atomic mass is 32.2. The lowest BCUT2D eigenvalue weighted by Gasteiger charge is -2.10. The summed E-state index contributed by atoms with van der Waals surface area (Å²) in [5.41, 5.74) is 2.37. The highest BCUT2D eigenvalue weighted by molar-refractivity contribution is 7.98. The predicted molar refractivity (Wildman–Crippen MR) is 108 cm³/mol. The number of H-pyrrole nitrogens is 1. The quantitative estimate of drug-likeness (QED) is 0.528. The molecule has 2 N–H and O–H groups in total. The molecule has 7 nitrogen and oxygen atoms in total. The molecule has 3 heterocycles. The largest absolute Gasteiger partial charge is 0.325 e. The number of hydrogen-bond donors (Lipinski definition) is 2. The van der Waals surface area contributed by atoms with Gasteiger partial charge in [-0.05, 0) is 32.2 Å². The van der Waals surface area contributed by atoms with Gasteiger partial charge in [-0.25, -0.2) is 15.0 Å². The number of aryl methyl sites for hydroxylation is 2. The van der Waals surface area contributed by atoms with Crippen LogP contribution in [0.1, 0.15) is 11.5 Å². The van der Waals surface area contributed by atoms with E-state index in [1.807, 2.05) is 56.5 Å². The standard InChI is InChI=1S/C19H18N6OS/c1-11-8-18(22-12(2)21-11)23-17-9-15-13(10-20-17)19(26)24-25(15)14-6-4-5-7-16(14)27-3/h4-10H,1-3H3,(H,24,26)(H,20,21,22,23). The topological polar surface area (TPSA) is 88.5 Å². The predicted octanol–water partition coefficient (Wildman–Crippen LogP) is 3.59. The molecule has 0 saturated carbocycles. The van der Waals surface area contributed by atoms with Crippen molar-refractivity contribution in [1.29, 1.82) is 0 Å². The third kappa shape index (κ3) is 3.31. The van der Waals surface area contributed by atoms with Crippen LogP contribution in [0.3, 0.4) is 0 Å². The number of hydrogen-bond acceptors (Lipinski definition) is 6. The van der Waals surface area contributed by atoms with E-state index in [0.29, 0.717) is 22.8 Å². The third-order valence-electron chi connectivity index (χ3n) is 4.13. The molecule has 4 rings (SSSR count). The molecular weight excluding hydrogens is 360 g/mol. The summed E-state index contributed by atoms with van der Waals surface area (Å²) >= 11 is 1.63. The van der Waals surface area contributed by atoms with Crippen LogP contribution in [-0.2, 0) is 0 Å². The molecule has 3 aromatic heterocycles. The van der Waals surface area contributed by atoms with Gasteiger partial charge in [0.05, 0.1) is 16.6 Å². The number of aromatic nitrogens is 5. The number of rotatable bonds is 4. The van der Waals surface area contributed by atoms with Crippen LogP contribution in [0.4, 0.5) is 11.6 Å². The van der Waals surface area contributed by atoms with Crippen molar-refractivity contribution in [3.8, 4) is 5.69 Å². The van der Waals surface area contributed by atoms with Crippen molar-refractivity contribution >= 4 is 34.3 Å². The Kier molecular flexibility index (Phi) is 4.41. The third-order valence-corrected chi connectivity index (χ3v) is 4.91. The zero-order valence-corrected chi connectivity index (χ0v) is 16.0. The molecule has 0 radical (unpaired) electrons. The molecule has 0 fully saturated rings. The maximum atomic E-state index is 12.4. The summed E-state index contributed by atoms with van der Waals surface area (Å²) < 4.78 is 1.80. The summed E-state index contributed by atoms with van der Waals surface area (Å²) in [6.45, 7) is 3.76. The van der Waals surface area contributed by atoms with Crippen LogP contribution in [0.2, 0.25) is 0 Å². The van der Waals surface area contributed by atoms with Gasteiger partial charge in [0.2, 0.25) is 0 Å². The molecule has 0 aliphatic carbocycles. The number of anilines is 2. The number of fused-ring (bicyclic) bond motifs is 1. The lowest BCUT2D eigenvalue weighted by Crippen LogP contribution is -2.04. The number of benzene rings is 1. The first-order valence-electron chi connectivity index (χ1n) is 8.38. The summed E-state index contributed by atoms with van der Waals surface area (Å²) in [5, 5.41) is 6.64. The molecule has 1 aromatic carbocycles. The first-order chi connectivity index (χ1) is 13.0. The minimum absolute atomic E-state index is 0.173. The van der Waals surface area contributed by atoms with Crippen molar-refractivity contribution in [2.75, 3.05) is 11.6 Å². The molecule has 0 spiro atoms. The smallest absolute Gasteiger partial charge is 0.273 e. The van der Waals surface area contributed by atoms with Crippen LogP contribution in [0.25, 0.3) is 16.6 Å². The molecule has 0 aliphatic rings. The van der Waals surface area contributed by atoms with E-state index in [4.69, 9.17) is 0 Å². The van der Waals surface area contributed by atoms with Gasteiger partial charge in [0.25, 0.3) is 5.56 Å². The van der Waals surface area contributed by atoms with Crippen LogP contribution in [-0.4, -0.2) is 31.0 Å². The fraction of sp³-hybridized carbons (Fsp3) is 0.158. The molecule has 8 heteroatoms. The van der Waals surface area contributed by atoms with Crippen molar-refractivity contribution in [1.82, 2.24) is 24.7 Å². The normalized spacial score (nSPS) is 11.1. The van der Waals surface area contributed by atoms with E-state index in [-0.39, 0.29) is 5.56 Å². The second-order valence-corrected chi connectivity index (χ2v) is 6.95. The van der Waals surface area contributed by atoms with Crippen LogP contribution in [0, 0.1) is 13.8 Å². The first kappa shape index (κ1) is 17.3. The van der Waals surface area contributed by atoms with E-state index in [9.17, 15) is 4.79 Å². The van der Waals surface area contributed by atoms with Crippen LogP contribution in [0.5, 0.6) is 0 Å². The number of pyridine rings is 1. The van der Waals surface area contributed by atoms with Gasteiger partial charge in [0.1, 0.15) is 17.5 Å². The van der Waals surface area contributed by atoms with Crippen molar-refractivity contribution in [3.63, 3.8) is 0 Å². The Labute approximate surface area is 159 Å². The average Bonchev–Trinajstić information content (AvgIpc) is 2.97. The second-order valence-electron chi connectivity index (χ2n) is 6.10. The monoisotopic (exact) mass is 378 g/mol. The van der Waals surface area contributed by atoms with Gasteiger partial charge in [-0.2, -0.15) is 0 Å². The lowest BCUT2D eigenvalue weighted by atomic mass is 10.3. The minimum Gasteiger partial charge on any atom is -0.325 e. The number of nitrogens with one attached hydrogen (secondary N) is 2. The van der Waals surface area contributed by atoms with Crippen molar-refractivity contribution in [2.24, 2.45) is 0 Å². The summed E-state index contributed by atoms with van der Waals surface area (Å²) in [4.78, 5) is 26.5. The molecule has 0 unspecified atom stereocenters. The fourth-order valence-electron chi connectivity index (χ4n) is 3.01. The van der Waals surface area contributed by atoms with E-state index >= 15 is 0 Å². The van der Waals surface area contributed by atoms with E-state index in [1.165, 1.54) is 0 Å². The number of nitrogens with zero attached hydrogens (tertiary/aromatic N) is 4. The van der Waals surface area contributed by atoms with Crippen LogP contribution < -0.4 is 10.9 Å². The Hall–Kier alpha value is -3.13. The molecule has 0 amide bonds. The molecule has 0 aliphatic heterocycles. The minimum atomic E-state index is -0.173. The Morgan fingerprint density at radius 1 is 1.11 bits per heavy atom. The summed E-state index contributed by atoms with van der Waals surface area (Å²) in [5.74, 6) is 1.96. The molecule has 0 saturated heterocycles. The highest BCUT2D eigenvalue weighted by Gasteiger charge is 2.13. The summed E-state index contributed by atoms with van der Waals surface area (Å²) in [6, 6.07) is 11.6. The fourth-order valence-corrected chi connectivity index (χ4v) is 3.59. The van der Waals surface area contributed by atoms with Crippen LogP contribution in [0.15, 0.2) is 52.3 Å². The van der Waals surface area contributed by atoms with Gasteiger partial charge in [-0.15, -0.1) is 11.8 Å². The van der Waals surface area contributed by atoms with Crippen molar-refractivity contribution in [3.05, 3.63) is 64.5 Å². The number of thioether (sulfide) groups is 1. The highest BCUT2D eigenvalue weighted by Crippen LogP contribution is 2.26. The van der Waals surface area contributed by atoms with Gasteiger partial charge in [0.15, 0.2) is 0 Å². The first-order valence-corrected chi connectivity index (χ1v) is 9.61. The zero-order valence-electron chi connectivity index (χ0n) is 15.1. The Morgan fingerprint density at radius 2 is 1.93 bits per heavy atom. The SMILES string of the molecule is CSc1ccccc1-n1[nH]c(=O)c2cnc(Nc3cc(C)nc(C)n3)cc21. The van der Waals surface area contributed by atoms with Gasteiger partial charge >= 0.3 is 0 Å². The van der Waals surface area contributed by atoms with E-state index in [1.54, 1.807) is 22.6 Å². The molecule has 136 valence electrons. The van der Waals surface area contributed by atoms with Crippen LogP contribution >= 0.6 is 11.8 Å². The van der Waals surface area contributed by atoms with Crippen molar-refractivity contribution < 1.29 is 0 Å². The molecule has 27 heavy (non-hydrogen) atoms. The molecule has 0 atom stereocenters. The van der Waals surface area contributed by atoms with Gasteiger partial charge < -0.3 is 5.32 Å². The Bertz CT molecular complexity index is 1180.